The summed E-state index contributed by atoms with van der Waals surface area (Å²) >= 11 is 3.42. The van der Waals surface area contributed by atoms with E-state index in [1.165, 1.54) is 0 Å². The van der Waals surface area contributed by atoms with E-state index in [-0.39, 0.29) is 5.56 Å². The van der Waals surface area contributed by atoms with E-state index in [1.807, 2.05) is 24.3 Å². The molecule has 0 radical (unpaired) electrons. The van der Waals surface area contributed by atoms with Crippen molar-refractivity contribution in [1.82, 2.24) is 15.3 Å². The molecule has 0 saturated heterocycles. The fourth-order valence-corrected chi connectivity index (χ4v) is 2.72. The van der Waals surface area contributed by atoms with Crippen molar-refractivity contribution in [2.24, 2.45) is 0 Å². The van der Waals surface area contributed by atoms with Crippen molar-refractivity contribution in [1.29, 1.82) is 0 Å². The molecular formula is C14H15BrN4O. The second-order valence-corrected chi connectivity index (χ2v) is 5.64. The first-order chi connectivity index (χ1) is 9.72. The Bertz CT molecular complexity index is 683. The topological polar surface area (TPSA) is 69.8 Å². The highest BCUT2D eigenvalue weighted by atomic mass is 79.9. The summed E-state index contributed by atoms with van der Waals surface area (Å²) in [5, 5.41) is 6.42. The number of aromatic amines is 1. The van der Waals surface area contributed by atoms with Crippen LogP contribution in [0.3, 0.4) is 0 Å². The van der Waals surface area contributed by atoms with Crippen molar-refractivity contribution in [2.45, 2.75) is 12.8 Å². The van der Waals surface area contributed by atoms with Crippen LogP contribution < -0.4 is 16.2 Å². The van der Waals surface area contributed by atoms with Gasteiger partial charge in [-0.1, -0.05) is 22.0 Å². The molecule has 0 unspecified atom stereocenters. The summed E-state index contributed by atoms with van der Waals surface area (Å²) in [4.78, 5) is 19.5. The Labute approximate surface area is 125 Å². The third-order valence-corrected chi connectivity index (χ3v) is 3.77. The van der Waals surface area contributed by atoms with Crippen molar-refractivity contribution < 1.29 is 0 Å². The Morgan fingerprint density at radius 3 is 2.95 bits per heavy atom. The van der Waals surface area contributed by atoms with E-state index in [4.69, 9.17) is 0 Å². The summed E-state index contributed by atoms with van der Waals surface area (Å²) in [6.45, 7) is 1.69. The Hall–Kier alpha value is -1.66. The molecule has 0 bridgehead atoms. The smallest absolute Gasteiger partial charge is 0.255 e. The van der Waals surface area contributed by atoms with Crippen molar-refractivity contribution in [3.05, 3.63) is 50.3 Å². The Kier molecular flexibility index (Phi) is 3.84. The number of aromatic nitrogens is 2. The summed E-state index contributed by atoms with van der Waals surface area (Å²) in [7, 11) is 0. The number of H-pyrrole nitrogens is 1. The normalized spacial score (nSPS) is 14.4. The van der Waals surface area contributed by atoms with Crippen LogP contribution in [0, 0.1) is 0 Å². The van der Waals surface area contributed by atoms with Gasteiger partial charge >= 0.3 is 0 Å². The van der Waals surface area contributed by atoms with Crippen molar-refractivity contribution in [3.63, 3.8) is 0 Å². The summed E-state index contributed by atoms with van der Waals surface area (Å²) in [6.07, 6.45) is 1.52. The van der Waals surface area contributed by atoms with Gasteiger partial charge in [-0.05, 0) is 31.2 Å². The molecule has 104 valence electrons. The van der Waals surface area contributed by atoms with E-state index in [0.29, 0.717) is 5.95 Å². The maximum atomic E-state index is 12.1. The number of hydrogen-bond donors (Lipinski definition) is 3. The first-order valence-electron chi connectivity index (χ1n) is 6.58. The second-order valence-electron chi connectivity index (χ2n) is 4.73. The summed E-state index contributed by atoms with van der Waals surface area (Å²) in [5.74, 6) is 0.494. The fraction of sp³-hybridized carbons (Fsp3) is 0.286. The molecule has 1 aromatic heterocycles. The number of benzene rings is 1. The van der Waals surface area contributed by atoms with Gasteiger partial charge in [0.1, 0.15) is 0 Å². The predicted molar refractivity (Wildman–Crippen MR) is 82.6 cm³/mol. The molecule has 0 amide bonds. The number of rotatable bonds is 2. The minimum Gasteiger partial charge on any atom is -0.326 e. The molecule has 2 heterocycles. The van der Waals surface area contributed by atoms with Crippen LogP contribution in [0.1, 0.15) is 11.3 Å². The number of nitrogens with one attached hydrogen (secondary N) is 3. The lowest BCUT2D eigenvalue weighted by molar-refractivity contribution is 0.708. The van der Waals surface area contributed by atoms with E-state index in [2.05, 4.69) is 36.5 Å². The zero-order chi connectivity index (χ0) is 13.9. The van der Waals surface area contributed by atoms with Gasteiger partial charge in [0, 0.05) is 28.7 Å². The average molecular weight is 335 g/mol. The van der Waals surface area contributed by atoms with E-state index in [9.17, 15) is 4.79 Å². The Balaban J connectivity index is 1.93. The minimum absolute atomic E-state index is 0.0452. The summed E-state index contributed by atoms with van der Waals surface area (Å²) in [6, 6.07) is 7.74. The van der Waals surface area contributed by atoms with E-state index in [1.54, 1.807) is 0 Å². The molecule has 6 heteroatoms. The van der Waals surface area contributed by atoms with Crippen LogP contribution in [0.25, 0.3) is 0 Å². The molecule has 5 nitrogen and oxygen atoms in total. The van der Waals surface area contributed by atoms with Gasteiger partial charge in [-0.3, -0.25) is 9.78 Å². The number of halogens is 1. The molecule has 3 rings (SSSR count). The lowest BCUT2D eigenvalue weighted by atomic mass is 10.1. The van der Waals surface area contributed by atoms with Crippen molar-refractivity contribution in [2.75, 3.05) is 18.4 Å². The zero-order valence-corrected chi connectivity index (χ0v) is 12.5. The molecular weight excluding hydrogens is 320 g/mol. The number of fused-ring (bicyclic) bond motifs is 1. The van der Waals surface area contributed by atoms with E-state index < -0.39 is 0 Å². The molecule has 3 N–H and O–H groups in total. The minimum atomic E-state index is -0.0452. The zero-order valence-electron chi connectivity index (χ0n) is 10.9. The van der Waals surface area contributed by atoms with Crippen LogP contribution in [-0.2, 0) is 12.8 Å². The van der Waals surface area contributed by atoms with E-state index in [0.717, 1.165) is 47.3 Å². The van der Waals surface area contributed by atoms with E-state index >= 15 is 0 Å². The first kappa shape index (κ1) is 13.3. The van der Waals surface area contributed by atoms with Crippen molar-refractivity contribution in [3.8, 4) is 0 Å². The van der Waals surface area contributed by atoms with Gasteiger partial charge in [0.2, 0.25) is 5.95 Å². The largest absolute Gasteiger partial charge is 0.326 e. The first-order valence-corrected chi connectivity index (χ1v) is 7.37. The van der Waals surface area contributed by atoms with Gasteiger partial charge in [-0.25, -0.2) is 4.98 Å². The standard InChI is InChI=1S/C14H15BrN4O/c15-9-2-1-3-10(8-9)17-14-18-12-5-7-16-6-4-11(12)13(20)19-14/h1-3,8,16H,4-7H2,(H2,17,18,19,20). The third-order valence-electron chi connectivity index (χ3n) is 3.28. The van der Waals surface area contributed by atoms with Crippen LogP contribution in [0.5, 0.6) is 0 Å². The maximum absolute atomic E-state index is 12.1. The molecule has 1 aromatic carbocycles. The number of hydrogen-bond acceptors (Lipinski definition) is 4. The molecule has 0 fully saturated rings. The molecule has 0 atom stereocenters. The third kappa shape index (κ3) is 2.91. The van der Waals surface area contributed by atoms with Gasteiger partial charge in [0.05, 0.1) is 5.69 Å². The van der Waals surface area contributed by atoms with Crippen molar-refractivity contribution >= 4 is 27.6 Å². The Morgan fingerprint density at radius 1 is 1.25 bits per heavy atom. The predicted octanol–water partition coefficient (Wildman–Crippen LogP) is 1.96. The molecule has 0 spiro atoms. The molecule has 2 aromatic rings. The lowest BCUT2D eigenvalue weighted by Crippen LogP contribution is -2.20. The highest BCUT2D eigenvalue weighted by Gasteiger charge is 2.14. The second kappa shape index (κ2) is 5.76. The van der Waals surface area contributed by atoms with Gasteiger partial charge in [-0.15, -0.1) is 0 Å². The van der Waals surface area contributed by atoms with Gasteiger partial charge in [-0.2, -0.15) is 0 Å². The number of nitrogens with zero attached hydrogens (tertiary/aromatic N) is 1. The van der Waals surface area contributed by atoms with Crippen LogP contribution >= 0.6 is 15.9 Å². The fourth-order valence-electron chi connectivity index (χ4n) is 2.32. The SMILES string of the molecule is O=c1[nH]c(Nc2cccc(Br)c2)nc2c1CCNCC2. The highest BCUT2D eigenvalue weighted by molar-refractivity contribution is 9.10. The Morgan fingerprint density at radius 2 is 2.10 bits per heavy atom. The van der Waals surface area contributed by atoms with Crippen LogP contribution in [0.4, 0.5) is 11.6 Å². The summed E-state index contributed by atoms with van der Waals surface area (Å²) < 4.78 is 0.976. The molecule has 0 saturated carbocycles. The summed E-state index contributed by atoms with van der Waals surface area (Å²) in [5.41, 5.74) is 2.52. The molecule has 20 heavy (non-hydrogen) atoms. The quantitative estimate of drug-likeness (QED) is 0.785. The lowest BCUT2D eigenvalue weighted by Gasteiger charge is -2.09. The average Bonchev–Trinajstić information content (AvgIpc) is 2.64. The molecule has 0 aliphatic carbocycles. The number of anilines is 2. The van der Waals surface area contributed by atoms with Gasteiger partial charge < -0.3 is 10.6 Å². The van der Waals surface area contributed by atoms with Crippen LogP contribution in [0.15, 0.2) is 33.5 Å². The van der Waals surface area contributed by atoms with Crippen LogP contribution in [-0.4, -0.2) is 23.1 Å². The van der Waals surface area contributed by atoms with Gasteiger partial charge in [0.25, 0.3) is 5.56 Å². The highest BCUT2D eigenvalue weighted by Crippen LogP contribution is 2.18. The molecule has 1 aliphatic heterocycles. The molecule has 1 aliphatic rings. The van der Waals surface area contributed by atoms with Gasteiger partial charge in [0.15, 0.2) is 0 Å². The maximum Gasteiger partial charge on any atom is 0.255 e. The van der Waals surface area contributed by atoms with Crippen LogP contribution in [0.2, 0.25) is 0 Å². The monoisotopic (exact) mass is 334 g/mol.